The third kappa shape index (κ3) is 10.9. The lowest BCUT2D eigenvalue weighted by Crippen LogP contribution is -2.52. The molecular weight excluding hydrogens is 851 g/mol. The molecule has 0 amide bonds. The highest BCUT2D eigenvalue weighted by Gasteiger charge is 2.63. The summed E-state index contributed by atoms with van der Waals surface area (Å²) >= 11 is 0. The van der Waals surface area contributed by atoms with Gasteiger partial charge in [0, 0.05) is 32.1 Å². The Morgan fingerprint density at radius 2 is 1.26 bits per heavy atom. The van der Waals surface area contributed by atoms with Gasteiger partial charge in [-0.3, -0.25) is 18.7 Å². The van der Waals surface area contributed by atoms with Gasteiger partial charge in [0.1, 0.15) is 12.5 Å². The normalized spacial score (nSPS) is 22.8. The Morgan fingerprint density at radius 3 is 1.82 bits per heavy atom. The van der Waals surface area contributed by atoms with E-state index in [-0.39, 0.29) is 72.4 Å². The highest BCUT2D eigenvalue weighted by atomic mass is 19.1. The zero-order valence-corrected chi connectivity index (χ0v) is 36.8. The van der Waals surface area contributed by atoms with Crippen molar-refractivity contribution in [1.82, 2.24) is 39.0 Å². The fourth-order valence-corrected chi connectivity index (χ4v) is 8.15. The fraction of sp³-hybridized carbons (Fsp3) is 0.591. The molecule has 1 radical (unpaired) electrons. The van der Waals surface area contributed by atoms with Crippen molar-refractivity contribution in [3.8, 4) is 24.7 Å². The number of nitrogens with zero attached hydrogens (tertiary/aromatic N) is 8. The van der Waals surface area contributed by atoms with Gasteiger partial charge in [0.2, 0.25) is 11.7 Å². The first kappa shape index (κ1) is 48.3. The van der Waals surface area contributed by atoms with E-state index < -0.39 is 72.5 Å². The van der Waals surface area contributed by atoms with E-state index in [4.69, 9.17) is 52.7 Å². The van der Waals surface area contributed by atoms with E-state index in [1.54, 1.807) is 6.92 Å². The van der Waals surface area contributed by atoms with Crippen LogP contribution in [0.1, 0.15) is 136 Å². The van der Waals surface area contributed by atoms with Gasteiger partial charge in [-0.1, -0.05) is 83.5 Å². The molecule has 21 heteroatoms. The zero-order chi connectivity index (χ0) is 46.7. The monoisotopic (exact) mass is 905 g/mol. The molecule has 0 spiro atoms. The number of unbranched alkanes of at least 4 members (excludes halogenated alkanes) is 9. The van der Waals surface area contributed by atoms with E-state index in [1.807, 2.05) is 6.92 Å². The molecule has 0 unspecified atom stereocenters. The quantitative estimate of drug-likeness (QED) is 0.0273. The Balaban J connectivity index is 1.42. The van der Waals surface area contributed by atoms with Gasteiger partial charge >= 0.3 is 30.3 Å². The molecule has 0 aliphatic carbocycles. The van der Waals surface area contributed by atoms with Crippen LogP contribution in [-0.2, 0) is 38.0 Å². The standard InChI is InChI=1S/C44H55F2N10O9/c1-6-11-13-15-16-17-19-21-33(58)62-29(24-43(8-3)27(63-42(59)60-10-5)22-30(64-43)55-25-49-34-36(47)51-40(45)53-38(34)55)44(9-4)28(61-32(57)20-18-14-12-7-2)23-31(65-44)56-26-50-35-37(48)52-41(46)54-39(35)56/h3-4,25-28,30-31H,6-7,10-24H2,1-2,5H3,(H2,47,51,53)(H2,48,52,54)/t27-,28-,30+,31+,43-,44-/m0/s1. The number of carbonyl (C=O) groups excluding carboxylic acids is 3. The Kier molecular flexibility index (Phi) is 16.1. The molecule has 4 aromatic heterocycles. The van der Waals surface area contributed by atoms with Crippen molar-refractivity contribution in [2.45, 2.75) is 159 Å². The molecule has 6 heterocycles. The second kappa shape index (κ2) is 21.7. The molecule has 19 nitrogen and oxygen atoms in total. The molecule has 0 bridgehead atoms. The second-order valence-corrected chi connectivity index (χ2v) is 16.0. The van der Waals surface area contributed by atoms with Gasteiger partial charge in [0.05, 0.1) is 19.3 Å². The van der Waals surface area contributed by atoms with E-state index in [0.29, 0.717) is 12.8 Å². The van der Waals surface area contributed by atoms with Crippen molar-refractivity contribution in [2.75, 3.05) is 18.1 Å². The number of hydrogen-bond donors (Lipinski definition) is 2. The van der Waals surface area contributed by atoms with Crippen LogP contribution in [-0.4, -0.2) is 87.1 Å². The summed E-state index contributed by atoms with van der Waals surface area (Å²) in [6, 6.07) is 0. The summed E-state index contributed by atoms with van der Waals surface area (Å²) in [7, 11) is 0. The number of hydrogen-bond acceptors (Lipinski definition) is 17. The van der Waals surface area contributed by atoms with Gasteiger partial charge in [-0.05, 0) is 19.8 Å². The average Bonchev–Trinajstić information content (AvgIpc) is 4.06. The van der Waals surface area contributed by atoms with Crippen molar-refractivity contribution in [3.63, 3.8) is 0 Å². The zero-order valence-electron chi connectivity index (χ0n) is 36.8. The van der Waals surface area contributed by atoms with Crippen LogP contribution in [0.2, 0.25) is 0 Å². The second-order valence-electron chi connectivity index (χ2n) is 16.0. The first-order valence-corrected chi connectivity index (χ1v) is 22.0. The molecule has 2 aliphatic heterocycles. The van der Waals surface area contributed by atoms with E-state index >= 15 is 0 Å². The Morgan fingerprint density at radius 1 is 0.738 bits per heavy atom. The summed E-state index contributed by atoms with van der Waals surface area (Å²) in [6.07, 6.45) is 15.0. The number of carbonyl (C=O) groups is 3. The van der Waals surface area contributed by atoms with Crippen LogP contribution in [0, 0.1) is 42.9 Å². The Labute approximate surface area is 375 Å². The maximum Gasteiger partial charge on any atom is 0.508 e. The van der Waals surface area contributed by atoms with Gasteiger partial charge in [0.25, 0.3) is 0 Å². The lowest BCUT2D eigenvalue weighted by atomic mass is 9.81. The molecule has 6 atom stereocenters. The van der Waals surface area contributed by atoms with Gasteiger partial charge in [-0.15, -0.1) is 12.8 Å². The summed E-state index contributed by atoms with van der Waals surface area (Å²) in [6.45, 7) is 5.68. The number of rotatable bonds is 22. The number of ether oxygens (including phenoxy) is 6. The van der Waals surface area contributed by atoms with Gasteiger partial charge in [-0.25, -0.2) is 14.8 Å². The third-order valence-corrected chi connectivity index (χ3v) is 11.5. The predicted molar refractivity (Wildman–Crippen MR) is 229 cm³/mol. The molecule has 0 aromatic carbocycles. The molecule has 0 saturated carbocycles. The van der Waals surface area contributed by atoms with E-state index in [0.717, 1.165) is 57.8 Å². The maximum absolute atomic E-state index is 14.6. The molecule has 2 fully saturated rings. The highest BCUT2D eigenvalue weighted by Crippen LogP contribution is 2.51. The minimum absolute atomic E-state index is 0.0280. The van der Waals surface area contributed by atoms with Crippen LogP contribution in [0.3, 0.4) is 0 Å². The summed E-state index contributed by atoms with van der Waals surface area (Å²) in [5.74, 6) is 3.39. The number of esters is 2. The van der Waals surface area contributed by atoms with Gasteiger partial charge in [0.15, 0.2) is 51.8 Å². The molecule has 4 aromatic rings. The van der Waals surface area contributed by atoms with E-state index in [9.17, 15) is 23.2 Å². The van der Waals surface area contributed by atoms with Crippen LogP contribution < -0.4 is 11.5 Å². The van der Waals surface area contributed by atoms with Crippen LogP contribution in [0.4, 0.5) is 25.2 Å². The topological polar surface area (TPSA) is 246 Å². The number of halogens is 2. The van der Waals surface area contributed by atoms with Crippen molar-refractivity contribution in [2.24, 2.45) is 0 Å². The lowest BCUT2D eigenvalue weighted by Gasteiger charge is -2.39. The Bertz CT molecular complexity index is 2400. The van der Waals surface area contributed by atoms with Crippen molar-refractivity contribution in [3.05, 3.63) is 30.9 Å². The van der Waals surface area contributed by atoms with Crippen LogP contribution in [0.15, 0.2) is 12.7 Å². The van der Waals surface area contributed by atoms with Gasteiger partial charge < -0.3 is 39.9 Å². The smallest absolute Gasteiger partial charge is 0.458 e. The molecule has 2 aliphatic rings. The average molecular weight is 906 g/mol. The lowest BCUT2D eigenvalue weighted by molar-refractivity contribution is -0.171. The van der Waals surface area contributed by atoms with Crippen LogP contribution in [0.25, 0.3) is 22.3 Å². The number of nitrogen functional groups attached to an aromatic ring is 2. The van der Waals surface area contributed by atoms with Crippen molar-refractivity contribution in [1.29, 1.82) is 0 Å². The number of imidazole rings is 2. The molecular formula is C44H55F2N10O9. The summed E-state index contributed by atoms with van der Waals surface area (Å²) in [5.41, 5.74) is 7.65. The molecule has 349 valence electrons. The van der Waals surface area contributed by atoms with E-state index in [2.05, 4.69) is 48.7 Å². The summed E-state index contributed by atoms with van der Waals surface area (Å²) in [4.78, 5) is 64.1. The van der Waals surface area contributed by atoms with Gasteiger partial charge in [-0.2, -0.15) is 28.7 Å². The number of aromatic nitrogens is 8. The predicted octanol–water partition coefficient (Wildman–Crippen LogP) is 6.72. The van der Waals surface area contributed by atoms with Crippen LogP contribution >= 0.6 is 0 Å². The first-order valence-electron chi connectivity index (χ1n) is 22.0. The highest BCUT2D eigenvalue weighted by molar-refractivity contribution is 5.82. The molecule has 4 N–H and O–H groups in total. The fourth-order valence-electron chi connectivity index (χ4n) is 8.15. The largest absolute Gasteiger partial charge is 0.508 e. The SMILES string of the molecule is C#C[C@@]1(C[C](OC(=O)CCCCCCCCC)[C@@]2(C#C)O[C@@H](n3cnc4c(N)nc(F)nc43)C[C@@H]2OC(=O)CCCCCC)O[C@@H](n2cnc3c(N)nc(F)nc32)C[C@@H]1OC(=O)OCC. The Hall–Kier alpha value is -6.19. The van der Waals surface area contributed by atoms with Crippen molar-refractivity contribution < 1.29 is 51.6 Å². The van der Waals surface area contributed by atoms with E-state index in [1.165, 1.54) is 21.8 Å². The first-order chi connectivity index (χ1) is 31.3. The molecule has 65 heavy (non-hydrogen) atoms. The minimum atomic E-state index is -2.22. The molecule has 2 saturated heterocycles. The number of nitrogens with two attached hydrogens (primary N) is 2. The third-order valence-electron chi connectivity index (χ3n) is 11.5. The number of anilines is 2. The van der Waals surface area contributed by atoms with Crippen molar-refractivity contribution >= 4 is 52.1 Å². The maximum atomic E-state index is 14.6. The number of fused-ring (bicyclic) bond motifs is 2. The molecule has 6 rings (SSSR count). The summed E-state index contributed by atoms with van der Waals surface area (Å²) < 4.78 is 68.5. The number of terminal acetylenes is 2. The minimum Gasteiger partial charge on any atom is -0.458 e. The summed E-state index contributed by atoms with van der Waals surface area (Å²) in [5, 5.41) is 0. The van der Waals surface area contributed by atoms with Crippen LogP contribution in [0.5, 0.6) is 0 Å².